The number of rotatable bonds is 4. The molecule has 0 aliphatic rings. The Labute approximate surface area is 98.1 Å². The van der Waals surface area contributed by atoms with Gasteiger partial charge in [-0.05, 0) is 13.1 Å². The van der Waals surface area contributed by atoms with E-state index < -0.39 is 5.97 Å². The summed E-state index contributed by atoms with van der Waals surface area (Å²) in [7, 11) is 1.76. The highest BCUT2D eigenvalue weighted by Crippen LogP contribution is 2.15. The van der Waals surface area contributed by atoms with Crippen LogP contribution in [-0.2, 0) is 11.3 Å². The molecule has 0 atom stereocenters. The monoisotopic (exact) mass is 239 g/mol. The van der Waals surface area contributed by atoms with Crippen LogP contribution in [0.25, 0.3) is 0 Å². The number of hydrogen-bond acceptors (Lipinski definition) is 4. The molecule has 0 aliphatic carbocycles. The van der Waals surface area contributed by atoms with Gasteiger partial charge in [-0.25, -0.2) is 0 Å². The van der Waals surface area contributed by atoms with Crippen molar-refractivity contribution < 1.29 is 15.0 Å². The topological polar surface area (TPSA) is 60.8 Å². The lowest BCUT2D eigenvalue weighted by atomic mass is 10.3. The molecule has 1 aromatic rings. The summed E-state index contributed by atoms with van der Waals surface area (Å²) in [6.07, 6.45) is 0. The molecule has 1 heterocycles. The Morgan fingerprint density at radius 2 is 2.38 bits per heavy atom. The Morgan fingerprint density at radius 1 is 1.62 bits per heavy atom. The third-order valence-electron chi connectivity index (χ3n) is 1.80. The van der Waals surface area contributed by atoms with Crippen LogP contribution in [0.2, 0.25) is 0 Å². The quantitative estimate of drug-likeness (QED) is 0.756. The van der Waals surface area contributed by atoms with E-state index in [1.165, 1.54) is 11.3 Å². The third-order valence-corrected chi connectivity index (χ3v) is 2.72. The van der Waals surface area contributed by atoms with Crippen molar-refractivity contribution in [3.8, 4) is 11.8 Å². The Bertz CT molecular complexity index is 416. The van der Waals surface area contributed by atoms with E-state index in [-0.39, 0.29) is 13.2 Å². The molecule has 0 radical (unpaired) electrons. The van der Waals surface area contributed by atoms with Crippen molar-refractivity contribution in [3.05, 3.63) is 21.9 Å². The normalized spacial score (nSPS) is 9.94. The van der Waals surface area contributed by atoms with Gasteiger partial charge in [-0.1, -0.05) is 11.8 Å². The van der Waals surface area contributed by atoms with Crippen LogP contribution in [0.1, 0.15) is 10.4 Å². The molecule has 0 aliphatic heterocycles. The average Bonchev–Trinajstić information content (AvgIpc) is 2.61. The number of nitrogens with zero attached hydrogens (tertiary/aromatic N) is 1. The van der Waals surface area contributed by atoms with Crippen molar-refractivity contribution in [1.29, 1.82) is 0 Å². The predicted octanol–water partition coefficient (Wildman–Crippen LogP) is 0.608. The first-order chi connectivity index (χ1) is 7.61. The zero-order chi connectivity index (χ0) is 12.0. The summed E-state index contributed by atoms with van der Waals surface area (Å²) in [6.45, 7) is 0.470. The maximum Gasteiger partial charge on any atom is 0.317 e. The van der Waals surface area contributed by atoms with Crippen molar-refractivity contribution >= 4 is 17.3 Å². The summed E-state index contributed by atoms with van der Waals surface area (Å²) >= 11 is 1.54. The molecule has 0 bridgehead atoms. The smallest absolute Gasteiger partial charge is 0.317 e. The van der Waals surface area contributed by atoms with Crippen molar-refractivity contribution in [3.63, 3.8) is 0 Å². The number of carbonyl (C=O) groups is 1. The maximum atomic E-state index is 10.5. The van der Waals surface area contributed by atoms with Crippen LogP contribution < -0.4 is 0 Å². The minimum absolute atomic E-state index is 0.0234. The van der Waals surface area contributed by atoms with Crippen LogP contribution in [0.5, 0.6) is 0 Å². The lowest BCUT2D eigenvalue weighted by molar-refractivity contribution is -0.138. The molecule has 4 nitrogen and oxygen atoms in total. The second-order valence-electron chi connectivity index (χ2n) is 3.33. The molecular weight excluding hydrogens is 226 g/mol. The summed E-state index contributed by atoms with van der Waals surface area (Å²) < 4.78 is 0. The van der Waals surface area contributed by atoms with Gasteiger partial charge in [0.05, 0.1) is 6.54 Å². The lowest BCUT2D eigenvalue weighted by Crippen LogP contribution is -2.24. The van der Waals surface area contributed by atoms with E-state index in [0.717, 1.165) is 10.4 Å². The molecule has 0 aromatic carbocycles. The van der Waals surface area contributed by atoms with Gasteiger partial charge >= 0.3 is 5.97 Å². The lowest BCUT2D eigenvalue weighted by Gasteiger charge is -2.11. The second-order valence-corrected chi connectivity index (χ2v) is 4.32. The number of carboxylic acid groups (broad SMARTS) is 1. The fraction of sp³-hybridized carbons (Fsp3) is 0.364. The summed E-state index contributed by atoms with van der Waals surface area (Å²) in [5.74, 6) is 4.54. The zero-order valence-electron chi connectivity index (χ0n) is 8.93. The molecule has 0 amide bonds. The maximum absolute atomic E-state index is 10.5. The molecule has 5 heteroatoms. The van der Waals surface area contributed by atoms with Crippen molar-refractivity contribution in [1.82, 2.24) is 4.90 Å². The summed E-state index contributed by atoms with van der Waals surface area (Å²) in [5, 5.41) is 19.0. The molecule has 1 rings (SSSR count). The molecule has 86 valence electrons. The van der Waals surface area contributed by atoms with Gasteiger partial charge < -0.3 is 10.2 Å². The summed E-state index contributed by atoms with van der Waals surface area (Å²) in [6, 6.07) is 1.91. The molecule has 16 heavy (non-hydrogen) atoms. The molecule has 0 fully saturated rings. The molecule has 0 saturated carbocycles. The van der Waals surface area contributed by atoms with E-state index in [9.17, 15) is 4.79 Å². The molecule has 2 N–H and O–H groups in total. The van der Waals surface area contributed by atoms with E-state index in [0.29, 0.717) is 6.54 Å². The van der Waals surface area contributed by atoms with Crippen LogP contribution in [0.3, 0.4) is 0 Å². The van der Waals surface area contributed by atoms with E-state index in [1.807, 2.05) is 11.4 Å². The number of aliphatic hydroxyl groups is 1. The first-order valence-corrected chi connectivity index (χ1v) is 5.57. The largest absolute Gasteiger partial charge is 0.480 e. The fourth-order valence-corrected chi connectivity index (χ4v) is 2.12. The van der Waals surface area contributed by atoms with Gasteiger partial charge in [0.25, 0.3) is 0 Å². The van der Waals surface area contributed by atoms with Gasteiger partial charge in [0.2, 0.25) is 0 Å². The van der Waals surface area contributed by atoms with E-state index in [1.54, 1.807) is 11.9 Å². The number of thiophene rings is 1. The van der Waals surface area contributed by atoms with Gasteiger partial charge in [-0.15, -0.1) is 11.3 Å². The Kier molecular flexibility index (Phi) is 4.99. The van der Waals surface area contributed by atoms with E-state index >= 15 is 0 Å². The van der Waals surface area contributed by atoms with Gasteiger partial charge in [0.15, 0.2) is 0 Å². The van der Waals surface area contributed by atoms with Gasteiger partial charge in [0.1, 0.15) is 6.61 Å². The Morgan fingerprint density at radius 3 is 3.00 bits per heavy atom. The standard InChI is InChI=1S/C11H13NO3S/c1-12(7-11(14)15)6-10-5-9(8-16-10)3-2-4-13/h5,8,13H,4,6-7H2,1H3,(H,14,15). The minimum Gasteiger partial charge on any atom is -0.480 e. The fourth-order valence-electron chi connectivity index (χ4n) is 1.22. The number of aliphatic hydroxyl groups excluding tert-OH is 1. The van der Waals surface area contributed by atoms with Gasteiger partial charge in [-0.2, -0.15) is 0 Å². The summed E-state index contributed by atoms with van der Waals surface area (Å²) in [5.41, 5.74) is 0.859. The molecule has 0 unspecified atom stereocenters. The molecule has 0 spiro atoms. The Balaban J connectivity index is 2.54. The third kappa shape index (κ3) is 4.45. The van der Waals surface area contributed by atoms with Gasteiger partial charge in [-0.3, -0.25) is 9.69 Å². The number of likely N-dealkylation sites (N-methyl/N-ethyl adjacent to an activating group) is 1. The second kappa shape index (κ2) is 6.28. The van der Waals surface area contributed by atoms with E-state index in [2.05, 4.69) is 11.8 Å². The first-order valence-electron chi connectivity index (χ1n) is 4.69. The van der Waals surface area contributed by atoms with Crippen LogP contribution in [0.15, 0.2) is 11.4 Å². The van der Waals surface area contributed by atoms with E-state index in [4.69, 9.17) is 10.2 Å². The van der Waals surface area contributed by atoms with Crippen molar-refractivity contribution in [2.45, 2.75) is 6.54 Å². The van der Waals surface area contributed by atoms with Gasteiger partial charge in [0, 0.05) is 22.4 Å². The highest BCUT2D eigenvalue weighted by molar-refractivity contribution is 7.10. The SMILES string of the molecule is CN(CC(=O)O)Cc1cc(C#CCO)cs1. The Hall–Kier alpha value is -1.35. The van der Waals surface area contributed by atoms with Crippen LogP contribution in [0, 0.1) is 11.8 Å². The molecule has 0 saturated heterocycles. The minimum atomic E-state index is -0.834. The number of carboxylic acids is 1. The number of hydrogen-bond donors (Lipinski definition) is 2. The first kappa shape index (κ1) is 12.7. The zero-order valence-corrected chi connectivity index (χ0v) is 9.75. The highest BCUT2D eigenvalue weighted by Gasteiger charge is 2.06. The molecule has 1 aromatic heterocycles. The highest BCUT2D eigenvalue weighted by atomic mass is 32.1. The van der Waals surface area contributed by atoms with Crippen LogP contribution in [-0.4, -0.2) is 41.3 Å². The van der Waals surface area contributed by atoms with Crippen molar-refractivity contribution in [2.24, 2.45) is 0 Å². The molecular formula is C11H13NO3S. The average molecular weight is 239 g/mol. The summed E-state index contributed by atoms with van der Waals surface area (Å²) in [4.78, 5) is 13.2. The number of aliphatic carboxylic acids is 1. The van der Waals surface area contributed by atoms with Crippen LogP contribution in [0.4, 0.5) is 0 Å². The van der Waals surface area contributed by atoms with Crippen molar-refractivity contribution in [2.75, 3.05) is 20.2 Å². The van der Waals surface area contributed by atoms with Crippen LogP contribution >= 0.6 is 11.3 Å². The predicted molar refractivity (Wildman–Crippen MR) is 62.3 cm³/mol.